The molecular weight excluding hydrogens is 554 g/mol. The van der Waals surface area contributed by atoms with Crippen molar-refractivity contribution in [3.63, 3.8) is 0 Å². The van der Waals surface area contributed by atoms with Crippen LogP contribution in [0, 0.1) is 12.8 Å². The summed E-state index contributed by atoms with van der Waals surface area (Å²) in [6.45, 7) is 2.37. The zero-order valence-corrected chi connectivity index (χ0v) is 22.7. The summed E-state index contributed by atoms with van der Waals surface area (Å²) in [5.41, 5.74) is 2.96. The molecule has 1 saturated carbocycles. The van der Waals surface area contributed by atoms with Crippen LogP contribution in [0.5, 0.6) is 0 Å². The molecule has 202 valence electrons. The molecule has 3 aromatic rings. The third-order valence-corrected chi connectivity index (χ3v) is 8.64. The highest BCUT2D eigenvalue weighted by Crippen LogP contribution is 2.38. The van der Waals surface area contributed by atoms with Gasteiger partial charge in [0.15, 0.2) is 0 Å². The van der Waals surface area contributed by atoms with Gasteiger partial charge in [0.1, 0.15) is 23.4 Å². The minimum atomic E-state index is -4.35. The number of ether oxygens (including phenoxy) is 1. The maximum atomic E-state index is 13.6. The minimum absolute atomic E-state index is 0.0998. The van der Waals surface area contributed by atoms with E-state index in [0.717, 1.165) is 28.1 Å². The molecule has 0 bridgehead atoms. The van der Waals surface area contributed by atoms with Gasteiger partial charge in [-0.05, 0) is 43.9 Å². The van der Waals surface area contributed by atoms with Gasteiger partial charge in [-0.3, -0.25) is 9.35 Å². The van der Waals surface area contributed by atoms with Crippen molar-refractivity contribution in [1.82, 2.24) is 19.7 Å². The fourth-order valence-corrected chi connectivity index (χ4v) is 6.56. The Kier molecular flexibility index (Phi) is 7.78. The number of carbonyl (C=O) groups excluding carboxylic acids is 1. The van der Waals surface area contributed by atoms with Gasteiger partial charge in [-0.15, -0.1) is 11.3 Å². The number of fused-ring (bicyclic) bond motifs is 1. The van der Waals surface area contributed by atoms with Gasteiger partial charge in [0.25, 0.3) is 0 Å². The molecule has 4 heterocycles. The molecular formula is C24H26ClN5O6S2. The quantitative estimate of drug-likeness (QED) is 0.177. The van der Waals surface area contributed by atoms with Crippen molar-refractivity contribution < 1.29 is 27.6 Å². The number of aliphatic hydroxyl groups is 1. The van der Waals surface area contributed by atoms with Crippen LogP contribution < -0.4 is 10.0 Å². The van der Waals surface area contributed by atoms with E-state index in [4.69, 9.17) is 20.9 Å². The van der Waals surface area contributed by atoms with Crippen molar-refractivity contribution >= 4 is 44.8 Å². The summed E-state index contributed by atoms with van der Waals surface area (Å²) < 4.78 is 39.0. The minimum Gasteiger partial charge on any atom is -0.393 e. The average Bonchev–Trinajstić information content (AvgIpc) is 3.43. The summed E-state index contributed by atoms with van der Waals surface area (Å²) in [6, 6.07) is 5.27. The molecule has 14 heteroatoms. The van der Waals surface area contributed by atoms with Crippen molar-refractivity contribution in [3.8, 4) is 0 Å². The van der Waals surface area contributed by atoms with E-state index in [1.807, 2.05) is 23.8 Å². The maximum absolute atomic E-state index is 13.6. The molecule has 1 fully saturated rings. The van der Waals surface area contributed by atoms with Crippen LogP contribution in [0.4, 0.5) is 5.82 Å². The lowest BCUT2D eigenvalue weighted by Crippen LogP contribution is -2.32. The Hall–Kier alpha value is -2.52. The molecule has 0 aromatic carbocycles. The molecule has 4 N–H and O–H groups in total. The van der Waals surface area contributed by atoms with Crippen molar-refractivity contribution in [1.29, 1.82) is 0 Å². The number of thiophene rings is 1. The molecule has 0 amide bonds. The Morgan fingerprint density at radius 2 is 2.13 bits per heavy atom. The van der Waals surface area contributed by atoms with Gasteiger partial charge in [0.05, 0.1) is 28.8 Å². The molecule has 0 spiro atoms. The Morgan fingerprint density at radius 1 is 1.32 bits per heavy atom. The highest BCUT2D eigenvalue weighted by Gasteiger charge is 2.35. The van der Waals surface area contributed by atoms with Gasteiger partial charge in [0.2, 0.25) is 5.78 Å². The highest BCUT2D eigenvalue weighted by atomic mass is 35.5. The van der Waals surface area contributed by atoms with Crippen LogP contribution >= 0.6 is 22.9 Å². The molecule has 3 aromatic heterocycles. The number of anilines is 1. The molecule has 2 aliphatic rings. The first-order valence-electron chi connectivity index (χ1n) is 12.0. The van der Waals surface area contributed by atoms with Crippen LogP contribution in [-0.4, -0.2) is 64.1 Å². The molecule has 1 aliphatic carbocycles. The molecule has 4 atom stereocenters. The fourth-order valence-electron chi connectivity index (χ4n) is 4.98. The van der Waals surface area contributed by atoms with E-state index in [1.54, 1.807) is 6.07 Å². The Balaban J connectivity index is 1.35. The lowest BCUT2D eigenvalue weighted by Gasteiger charge is -2.25. The van der Waals surface area contributed by atoms with Crippen molar-refractivity contribution in [3.05, 3.63) is 68.0 Å². The molecule has 0 unspecified atom stereocenters. The van der Waals surface area contributed by atoms with Gasteiger partial charge < -0.3 is 15.2 Å². The third kappa shape index (κ3) is 5.88. The zero-order valence-electron chi connectivity index (χ0n) is 20.3. The zero-order chi connectivity index (χ0) is 27.0. The number of pyridine rings is 1. The fraction of sp³-hybridized carbons (Fsp3) is 0.417. The number of nitrogens with zero attached hydrogens (tertiary/aromatic N) is 3. The molecule has 0 saturated heterocycles. The van der Waals surface area contributed by atoms with Crippen LogP contribution in [0.2, 0.25) is 5.15 Å². The van der Waals surface area contributed by atoms with E-state index in [-0.39, 0.29) is 23.9 Å². The van der Waals surface area contributed by atoms with Crippen LogP contribution in [0.15, 0.2) is 30.7 Å². The lowest BCUT2D eigenvalue weighted by molar-refractivity contribution is 0.0663. The maximum Gasteiger partial charge on any atom is 0.333 e. The number of ketones is 1. The van der Waals surface area contributed by atoms with E-state index in [2.05, 4.69) is 20.3 Å². The average molecular weight is 580 g/mol. The lowest BCUT2D eigenvalue weighted by atomic mass is 9.98. The first-order chi connectivity index (χ1) is 18.1. The number of hydrogen-bond donors (Lipinski definition) is 4. The molecule has 5 rings (SSSR count). The van der Waals surface area contributed by atoms with Crippen molar-refractivity contribution in [2.45, 2.75) is 44.4 Å². The number of hydrogen-bond acceptors (Lipinski definition) is 10. The Bertz CT molecular complexity index is 1470. The largest absolute Gasteiger partial charge is 0.393 e. The number of nitrogens with one attached hydrogen (secondary N) is 2. The van der Waals surface area contributed by atoms with E-state index < -0.39 is 28.4 Å². The number of aliphatic hydroxyl groups excluding tert-OH is 1. The van der Waals surface area contributed by atoms with Gasteiger partial charge in [0, 0.05) is 35.1 Å². The summed E-state index contributed by atoms with van der Waals surface area (Å²) in [5, 5.41) is 13.9. The van der Waals surface area contributed by atoms with E-state index >= 15 is 0 Å². The summed E-state index contributed by atoms with van der Waals surface area (Å²) in [6.07, 6.45) is 3.05. The number of aromatic nitrogens is 3. The molecule has 1 aliphatic heterocycles. The smallest absolute Gasteiger partial charge is 0.333 e. The number of halogens is 1. The monoisotopic (exact) mass is 579 g/mol. The third-order valence-electron chi connectivity index (χ3n) is 6.83. The van der Waals surface area contributed by atoms with E-state index in [9.17, 15) is 18.3 Å². The number of aryl methyl sites for hydroxylation is 1. The Morgan fingerprint density at radius 3 is 2.92 bits per heavy atom. The van der Waals surface area contributed by atoms with Gasteiger partial charge in [-0.2, -0.15) is 13.1 Å². The van der Waals surface area contributed by atoms with Gasteiger partial charge >= 0.3 is 10.3 Å². The molecule has 11 nitrogen and oxygen atoms in total. The topological polar surface area (TPSA) is 164 Å². The van der Waals surface area contributed by atoms with Crippen LogP contribution in [0.3, 0.4) is 0 Å². The summed E-state index contributed by atoms with van der Waals surface area (Å²) in [5.74, 6) is -0.338. The number of rotatable bonds is 8. The predicted octanol–water partition coefficient (Wildman–Crippen LogP) is 2.73. The summed E-state index contributed by atoms with van der Waals surface area (Å²) in [4.78, 5) is 27.8. The SMILES string of the molecule is Cc1sc(C(=O)c2cncnc2N[C@@H]2C[C@H](CNS(=O)(=O)O)[C@@H](O)C2)cc1[C@@H]1OCCc2ccc(Cl)nc21. The second-order valence-corrected chi connectivity index (χ2v) is 12.3. The van der Waals surface area contributed by atoms with E-state index in [1.165, 1.54) is 23.9 Å². The van der Waals surface area contributed by atoms with Crippen LogP contribution in [0.1, 0.15) is 55.9 Å². The standard InChI is InChI=1S/C24H26ClN5O6S2/c1-12-16(23-21-13(4-5-36-23)2-3-20(25)30-21)8-19(37-12)22(32)17-10-26-11-27-24(17)29-15-6-14(18(31)7-15)9-28-38(33,34)35/h2-3,8,10-11,14-15,18,23,28,31H,4-7,9H2,1H3,(H,26,27,29)(H,33,34,35)/t14-,15-,18+,23+/m1/s1. The first kappa shape index (κ1) is 27.1. The van der Waals surface area contributed by atoms with Crippen LogP contribution in [0.25, 0.3) is 0 Å². The van der Waals surface area contributed by atoms with E-state index in [0.29, 0.717) is 35.3 Å². The van der Waals surface area contributed by atoms with Crippen molar-refractivity contribution in [2.24, 2.45) is 5.92 Å². The van der Waals surface area contributed by atoms with Crippen molar-refractivity contribution in [2.75, 3.05) is 18.5 Å². The van der Waals surface area contributed by atoms with Crippen LogP contribution in [-0.2, 0) is 21.5 Å². The first-order valence-corrected chi connectivity index (χ1v) is 14.6. The summed E-state index contributed by atoms with van der Waals surface area (Å²) in [7, 11) is -4.35. The molecule has 0 radical (unpaired) electrons. The van der Waals surface area contributed by atoms with Gasteiger partial charge in [-0.1, -0.05) is 17.7 Å². The van der Waals surface area contributed by atoms with Gasteiger partial charge in [-0.25, -0.2) is 15.0 Å². The normalized spacial score (nSPS) is 23.3. The second kappa shape index (κ2) is 10.9. The Labute approximate surface area is 228 Å². The molecule has 38 heavy (non-hydrogen) atoms. The number of carbonyl (C=O) groups is 1. The predicted molar refractivity (Wildman–Crippen MR) is 141 cm³/mol. The highest BCUT2D eigenvalue weighted by molar-refractivity contribution is 7.83. The second-order valence-electron chi connectivity index (χ2n) is 9.38. The summed E-state index contributed by atoms with van der Waals surface area (Å²) >= 11 is 7.50.